The van der Waals surface area contributed by atoms with Crippen LogP contribution in [0, 0.1) is 13.8 Å². The smallest absolute Gasteiger partial charge is 0.246 e. The molecule has 0 aromatic heterocycles. The van der Waals surface area contributed by atoms with E-state index in [9.17, 15) is 13.2 Å². The number of ether oxygens (including phenoxy) is 1. The van der Waals surface area contributed by atoms with E-state index in [0.717, 1.165) is 23.1 Å². The van der Waals surface area contributed by atoms with Crippen LogP contribution in [-0.4, -0.2) is 52.3 Å². The van der Waals surface area contributed by atoms with Crippen LogP contribution >= 0.6 is 0 Å². The summed E-state index contributed by atoms with van der Waals surface area (Å²) in [5.74, 6) is 0.364. The van der Waals surface area contributed by atoms with Crippen molar-refractivity contribution in [3.05, 3.63) is 53.1 Å². The van der Waals surface area contributed by atoms with E-state index in [1.807, 2.05) is 32.0 Å². The van der Waals surface area contributed by atoms with Crippen LogP contribution < -0.4 is 9.64 Å². The largest absolute Gasteiger partial charge is 0.495 e. The molecule has 0 saturated carbocycles. The average molecular weight is 388 g/mol. The monoisotopic (exact) mass is 388 g/mol. The highest BCUT2D eigenvalue weighted by molar-refractivity contribution is 7.89. The quantitative estimate of drug-likeness (QED) is 0.737. The van der Waals surface area contributed by atoms with Gasteiger partial charge >= 0.3 is 0 Å². The standard InChI is InChI=1S/C20H24N2O4S/c1-15-4-7-19(26-3)20(12-15)27(24,25)22-10-8-21(9-11-22)18-6-5-17(14-23)13-16(18)2/h4-7,12-14H,8-11H2,1-3H3. The van der Waals surface area contributed by atoms with Gasteiger partial charge in [0, 0.05) is 37.4 Å². The second kappa shape index (κ2) is 7.70. The van der Waals surface area contributed by atoms with Gasteiger partial charge < -0.3 is 9.64 Å². The van der Waals surface area contributed by atoms with Gasteiger partial charge in [-0.15, -0.1) is 0 Å². The van der Waals surface area contributed by atoms with Gasteiger partial charge in [0.15, 0.2) is 0 Å². The first-order valence-corrected chi connectivity index (χ1v) is 10.3. The van der Waals surface area contributed by atoms with Crippen LogP contribution in [0.25, 0.3) is 0 Å². The number of piperazine rings is 1. The summed E-state index contributed by atoms with van der Waals surface area (Å²) < 4.78 is 33.0. The van der Waals surface area contributed by atoms with E-state index in [2.05, 4.69) is 4.90 Å². The Labute approximate surface area is 160 Å². The molecule has 1 aliphatic rings. The molecule has 0 aliphatic carbocycles. The average Bonchev–Trinajstić information content (AvgIpc) is 2.68. The Kier molecular flexibility index (Phi) is 5.53. The molecule has 0 unspecified atom stereocenters. The van der Waals surface area contributed by atoms with E-state index >= 15 is 0 Å². The molecule has 2 aromatic carbocycles. The van der Waals surface area contributed by atoms with Crippen LogP contribution in [0.5, 0.6) is 5.75 Å². The number of carbonyl (C=O) groups is 1. The maximum absolute atomic E-state index is 13.1. The SMILES string of the molecule is COc1ccc(C)cc1S(=O)(=O)N1CCN(c2ccc(C=O)cc2C)CC1. The van der Waals surface area contributed by atoms with Gasteiger partial charge in [0.2, 0.25) is 10.0 Å². The number of sulfonamides is 1. The van der Waals surface area contributed by atoms with Crippen LogP contribution in [0.15, 0.2) is 41.3 Å². The van der Waals surface area contributed by atoms with Crippen molar-refractivity contribution in [3.8, 4) is 5.75 Å². The minimum absolute atomic E-state index is 0.213. The molecule has 3 rings (SSSR count). The highest BCUT2D eigenvalue weighted by Gasteiger charge is 2.31. The maximum Gasteiger partial charge on any atom is 0.246 e. The second-order valence-corrected chi connectivity index (χ2v) is 8.62. The van der Waals surface area contributed by atoms with Crippen LogP contribution in [0.2, 0.25) is 0 Å². The zero-order valence-corrected chi connectivity index (χ0v) is 16.6. The summed E-state index contributed by atoms with van der Waals surface area (Å²) in [6, 6.07) is 10.7. The summed E-state index contributed by atoms with van der Waals surface area (Å²) >= 11 is 0. The first-order chi connectivity index (χ1) is 12.9. The fourth-order valence-corrected chi connectivity index (χ4v) is 5.06. The van der Waals surface area contributed by atoms with Crippen molar-refractivity contribution < 1.29 is 17.9 Å². The summed E-state index contributed by atoms with van der Waals surface area (Å²) in [7, 11) is -2.14. The Balaban J connectivity index is 1.79. The van der Waals surface area contributed by atoms with Crippen LogP contribution in [-0.2, 0) is 10.0 Å². The van der Waals surface area contributed by atoms with Gasteiger partial charge in [0.25, 0.3) is 0 Å². The molecule has 1 fully saturated rings. The van der Waals surface area contributed by atoms with Crippen molar-refractivity contribution in [2.24, 2.45) is 0 Å². The number of hydrogen-bond donors (Lipinski definition) is 0. The predicted molar refractivity (Wildman–Crippen MR) is 105 cm³/mol. The number of aldehydes is 1. The number of nitrogens with zero attached hydrogens (tertiary/aromatic N) is 2. The molecule has 0 radical (unpaired) electrons. The van der Waals surface area contributed by atoms with Gasteiger partial charge in [-0.05, 0) is 55.3 Å². The Morgan fingerprint density at radius 3 is 2.30 bits per heavy atom. The molecule has 1 saturated heterocycles. The number of methoxy groups -OCH3 is 1. The molecular weight excluding hydrogens is 364 g/mol. The minimum Gasteiger partial charge on any atom is -0.495 e. The van der Waals surface area contributed by atoms with Crippen molar-refractivity contribution >= 4 is 22.0 Å². The van der Waals surface area contributed by atoms with E-state index in [1.54, 1.807) is 18.2 Å². The van der Waals surface area contributed by atoms with Crippen LogP contribution in [0.4, 0.5) is 5.69 Å². The molecule has 27 heavy (non-hydrogen) atoms. The molecule has 0 spiro atoms. The van der Waals surface area contributed by atoms with Crippen molar-refractivity contribution in [1.29, 1.82) is 0 Å². The second-order valence-electron chi connectivity index (χ2n) is 6.71. The van der Waals surface area contributed by atoms with Crippen molar-refractivity contribution in [2.75, 3.05) is 38.2 Å². The topological polar surface area (TPSA) is 66.9 Å². The third-order valence-corrected chi connectivity index (χ3v) is 6.79. The molecule has 7 heteroatoms. The highest BCUT2D eigenvalue weighted by atomic mass is 32.2. The first-order valence-electron chi connectivity index (χ1n) is 8.82. The molecular formula is C20H24N2O4S. The van der Waals surface area contributed by atoms with E-state index in [-0.39, 0.29) is 4.90 Å². The summed E-state index contributed by atoms with van der Waals surface area (Å²) in [5, 5.41) is 0. The molecule has 0 N–H and O–H groups in total. The predicted octanol–water partition coefficient (Wildman–Crippen LogP) is 2.64. The van der Waals surface area contributed by atoms with Gasteiger partial charge in [-0.1, -0.05) is 6.07 Å². The first kappa shape index (κ1) is 19.4. The summed E-state index contributed by atoms with van der Waals surface area (Å²) in [6.07, 6.45) is 0.830. The van der Waals surface area contributed by atoms with Gasteiger partial charge in [0.1, 0.15) is 16.9 Å². The lowest BCUT2D eigenvalue weighted by Crippen LogP contribution is -2.48. The Morgan fingerprint density at radius 1 is 1.00 bits per heavy atom. The van der Waals surface area contributed by atoms with Crippen molar-refractivity contribution in [2.45, 2.75) is 18.7 Å². The minimum atomic E-state index is -3.62. The van der Waals surface area contributed by atoms with E-state index in [4.69, 9.17) is 4.74 Å². The van der Waals surface area contributed by atoms with E-state index in [1.165, 1.54) is 11.4 Å². The zero-order chi connectivity index (χ0) is 19.6. The maximum atomic E-state index is 13.1. The summed E-state index contributed by atoms with van der Waals surface area (Å²) in [6.45, 7) is 5.80. The molecule has 6 nitrogen and oxygen atoms in total. The number of aryl methyl sites for hydroxylation is 2. The number of rotatable bonds is 5. The molecule has 0 bridgehead atoms. The zero-order valence-electron chi connectivity index (χ0n) is 15.8. The molecule has 144 valence electrons. The van der Waals surface area contributed by atoms with E-state index < -0.39 is 10.0 Å². The Hall–Kier alpha value is -2.38. The van der Waals surface area contributed by atoms with Crippen molar-refractivity contribution in [3.63, 3.8) is 0 Å². The van der Waals surface area contributed by atoms with Gasteiger partial charge in [-0.3, -0.25) is 4.79 Å². The molecule has 1 heterocycles. The van der Waals surface area contributed by atoms with Crippen molar-refractivity contribution in [1.82, 2.24) is 4.31 Å². The molecule has 0 amide bonds. The normalized spacial score (nSPS) is 15.6. The lowest BCUT2D eigenvalue weighted by molar-refractivity contribution is 0.112. The lowest BCUT2D eigenvalue weighted by atomic mass is 10.1. The van der Waals surface area contributed by atoms with Gasteiger partial charge in [0.05, 0.1) is 7.11 Å². The fourth-order valence-electron chi connectivity index (χ4n) is 3.40. The third-order valence-electron chi connectivity index (χ3n) is 4.87. The van der Waals surface area contributed by atoms with Gasteiger partial charge in [-0.2, -0.15) is 4.31 Å². The lowest BCUT2D eigenvalue weighted by Gasteiger charge is -2.36. The number of anilines is 1. The molecule has 2 aromatic rings. The third kappa shape index (κ3) is 3.84. The Bertz CT molecular complexity index is 948. The summed E-state index contributed by atoms with van der Waals surface area (Å²) in [5.41, 5.74) is 3.56. The summed E-state index contributed by atoms with van der Waals surface area (Å²) in [4.78, 5) is 13.3. The number of hydrogen-bond acceptors (Lipinski definition) is 5. The number of carbonyl (C=O) groups excluding carboxylic acids is 1. The fraction of sp³-hybridized carbons (Fsp3) is 0.350. The molecule has 1 aliphatic heterocycles. The van der Waals surface area contributed by atoms with Crippen LogP contribution in [0.1, 0.15) is 21.5 Å². The van der Waals surface area contributed by atoms with Gasteiger partial charge in [-0.25, -0.2) is 8.42 Å². The molecule has 0 atom stereocenters. The number of benzene rings is 2. The highest BCUT2D eigenvalue weighted by Crippen LogP contribution is 2.29. The Morgan fingerprint density at radius 2 is 1.70 bits per heavy atom. The van der Waals surface area contributed by atoms with Crippen LogP contribution in [0.3, 0.4) is 0 Å². The van der Waals surface area contributed by atoms with E-state index in [0.29, 0.717) is 37.5 Å².